The molecule has 0 aliphatic carbocycles. The zero-order chi connectivity index (χ0) is 22.1. The van der Waals surface area contributed by atoms with Crippen LogP contribution >= 0.6 is 11.8 Å². The highest BCUT2D eigenvalue weighted by Gasteiger charge is 2.15. The molecule has 32 heavy (non-hydrogen) atoms. The average molecular weight is 445 g/mol. The summed E-state index contributed by atoms with van der Waals surface area (Å²) in [4.78, 5) is 30.1. The van der Waals surface area contributed by atoms with E-state index >= 15 is 0 Å². The van der Waals surface area contributed by atoms with Crippen molar-refractivity contribution in [3.63, 3.8) is 0 Å². The second-order valence-electron chi connectivity index (χ2n) is 7.45. The van der Waals surface area contributed by atoms with Gasteiger partial charge < -0.3 is 8.83 Å². The molecule has 0 bridgehead atoms. The summed E-state index contributed by atoms with van der Waals surface area (Å²) in [5, 5.41) is 2.01. The van der Waals surface area contributed by atoms with Crippen molar-refractivity contribution in [3.8, 4) is 0 Å². The highest BCUT2D eigenvalue weighted by molar-refractivity contribution is 7.98. The van der Waals surface area contributed by atoms with E-state index in [-0.39, 0.29) is 17.7 Å². The Morgan fingerprint density at radius 3 is 2.69 bits per heavy atom. The van der Waals surface area contributed by atoms with Crippen LogP contribution in [-0.2, 0) is 18.7 Å². The Balaban J connectivity index is 1.57. The monoisotopic (exact) mass is 444 g/mol. The van der Waals surface area contributed by atoms with Crippen LogP contribution in [0.25, 0.3) is 21.9 Å². The summed E-state index contributed by atoms with van der Waals surface area (Å²) in [6.45, 7) is 2.34. The maximum absolute atomic E-state index is 13.2. The number of hydrogen-bond acceptors (Lipinski definition) is 6. The summed E-state index contributed by atoms with van der Waals surface area (Å²) in [7, 11) is 0. The molecule has 6 nitrogen and oxygen atoms in total. The zero-order valence-corrected chi connectivity index (χ0v) is 18.2. The minimum Gasteiger partial charge on any atom is -0.467 e. The lowest BCUT2D eigenvalue weighted by Crippen LogP contribution is -2.23. The van der Waals surface area contributed by atoms with Crippen LogP contribution in [0.3, 0.4) is 0 Å². The van der Waals surface area contributed by atoms with Crippen LogP contribution < -0.4 is 11.2 Å². The quantitative estimate of drug-likeness (QED) is 0.208. The number of thioether (sulfide) groups is 1. The van der Waals surface area contributed by atoms with Gasteiger partial charge in [0.1, 0.15) is 11.3 Å². The normalized spacial score (nSPS) is 11.4. The van der Waals surface area contributed by atoms with Gasteiger partial charge in [0.2, 0.25) is 0 Å². The molecule has 3 heterocycles. The van der Waals surface area contributed by atoms with Gasteiger partial charge in [0.25, 0.3) is 5.56 Å². The van der Waals surface area contributed by atoms with Gasteiger partial charge in [0.15, 0.2) is 5.16 Å². The van der Waals surface area contributed by atoms with Crippen molar-refractivity contribution in [2.75, 3.05) is 0 Å². The summed E-state index contributed by atoms with van der Waals surface area (Å²) in [5.74, 6) is 1.14. The number of benzene rings is 2. The highest BCUT2D eigenvalue weighted by atomic mass is 32.2. The minimum atomic E-state index is -0.388. The first-order chi connectivity index (χ1) is 15.6. The molecule has 0 aliphatic heterocycles. The van der Waals surface area contributed by atoms with E-state index < -0.39 is 0 Å². The molecular formula is C25H20N2O4S. The molecule has 0 spiro atoms. The molecule has 0 atom stereocenters. The van der Waals surface area contributed by atoms with Crippen LogP contribution in [0, 0.1) is 0 Å². The van der Waals surface area contributed by atoms with Crippen molar-refractivity contribution in [1.82, 2.24) is 9.55 Å². The van der Waals surface area contributed by atoms with Gasteiger partial charge in [0.05, 0.1) is 23.7 Å². The maximum Gasteiger partial charge on any atom is 0.336 e. The molecule has 5 rings (SSSR count). The summed E-state index contributed by atoms with van der Waals surface area (Å²) < 4.78 is 12.5. The van der Waals surface area contributed by atoms with Crippen LogP contribution in [0.15, 0.2) is 90.5 Å². The Labute approximate surface area is 187 Å². The highest BCUT2D eigenvalue weighted by Crippen LogP contribution is 2.27. The maximum atomic E-state index is 13.2. The molecule has 0 radical (unpaired) electrons. The van der Waals surface area contributed by atoms with E-state index in [4.69, 9.17) is 13.8 Å². The smallest absolute Gasteiger partial charge is 0.336 e. The van der Waals surface area contributed by atoms with Crippen molar-refractivity contribution < 1.29 is 8.83 Å². The number of aromatic nitrogens is 2. The third-order valence-electron chi connectivity index (χ3n) is 5.38. The van der Waals surface area contributed by atoms with E-state index in [1.807, 2.05) is 42.5 Å². The van der Waals surface area contributed by atoms with Crippen LogP contribution in [0.5, 0.6) is 0 Å². The third-order valence-corrected chi connectivity index (χ3v) is 6.41. The topological polar surface area (TPSA) is 78.2 Å². The molecule has 2 aromatic carbocycles. The van der Waals surface area contributed by atoms with Crippen molar-refractivity contribution in [2.24, 2.45) is 0 Å². The van der Waals surface area contributed by atoms with Gasteiger partial charge in [-0.1, -0.05) is 43.0 Å². The number of aryl methyl sites for hydroxylation is 1. The fraction of sp³-hybridized carbons (Fsp3) is 0.160. The molecule has 0 aliphatic rings. The van der Waals surface area contributed by atoms with E-state index in [1.165, 1.54) is 17.8 Å². The lowest BCUT2D eigenvalue weighted by atomic mass is 10.1. The first-order valence-electron chi connectivity index (χ1n) is 10.3. The average Bonchev–Trinajstić information content (AvgIpc) is 3.32. The molecule has 7 heteroatoms. The number of fused-ring (bicyclic) bond motifs is 2. The number of para-hydroxylation sites is 1. The number of rotatable bonds is 6. The molecule has 3 aromatic heterocycles. The SMILES string of the molecule is CCc1ccc2c(CSc3nc4ccccc4c(=O)n3Cc3ccco3)cc(=O)oc2c1. The van der Waals surface area contributed by atoms with Crippen molar-refractivity contribution >= 4 is 33.6 Å². The van der Waals surface area contributed by atoms with Crippen LogP contribution in [0.1, 0.15) is 23.8 Å². The molecule has 0 amide bonds. The third kappa shape index (κ3) is 3.87. The van der Waals surface area contributed by atoms with Crippen molar-refractivity contribution in [1.29, 1.82) is 0 Å². The van der Waals surface area contributed by atoms with E-state index in [9.17, 15) is 9.59 Å². The molecule has 0 unspecified atom stereocenters. The fourth-order valence-corrected chi connectivity index (χ4v) is 4.70. The number of nitrogens with zero attached hydrogens (tertiary/aromatic N) is 2. The number of hydrogen-bond donors (Lipinski definition) is 0. The summed E-state index contributed by atoms with van der Waals surface area (Å²) in [5.41, 5.74) is 2.65. The van der Waals surface area contributed by atoms with Gasteiger partial charge in [-0.2, -0.15) is 0 Å². The van der Waals surface area contributed by atoms with E-state index in [0.29, 0.717) is 33.2 Å². The lowest BCUT2D eigenvalue weighted by Gasteiger charge is -2.13. The van der Waals surface area contributed by atoms with Gasteiger partial charge in [-0.05, 0) is 47.9 Å². The lowest BCUT2D eigenvalue weighted by molar-refractivity contribution is 0.476. The molecular weight excluding hydrogens is 424 g/mol. The Kier molecular flexibility index (Phi) is 5.41. The Morgan fingerprint density at radius 2 is 1.88 bits per heavy atom. The van der Waals surface area contributed by atoms with Gasteiger partial charge in [-0.25, -0.2) is 9.78 Å². The molecule has 0 saturated carbocycles. The molecule has 160 valence electrons. The first-order valence-corrected chi connectivity index (χ1v) is 11.3. The predicted octanol–water partition coefficient (Wildman–Crippen LogP) is 5.00. The Hall–Kier alpha value is -3.58. The molecule has 5 aromatic rings. The van der Waals surface area contributed by atoms with Gasteiger partial charge in [-0.15, -0.1) is 0 Å². The van der Waals surface area contributed by atoms with E-state index in [1.54, 1.807) is 23.0 Å². The van der Waals surface area contributed by atoms with Crippen LogP contribution in [0.2, 0.25) is 0 Å². The van der Waals surface area contributed by atoms with Crippen LogP contribution in [-0.4, -0.2) is 9.55 Å². The van der Waals surface area contributed by atoms with E-state index in [2.05, 4.69) is 6.92 Å². The van der Waals surface area contributed by atoms with Crippen molar-refractivity contribution in [3.05, 3.63) is 105 Å². The second-order valence-corrected chi connectivity index (χ2v) is 8.39. The van der Waals surface area contributed by atoms with Gasteiger partial charge >= 0.3 is 5.63 Å². The summed E-state index contributed by atoms with van der Waals surface area (Å²) in [6, 6.07) is 18.4. The summed E-state index contributed by atoms with van der Waals surface area (Å²) >= 11 is 1.41. The fourth-order valence-electron chi connectivity index (χ4n) is 3.71. The van der Waals surface area contributed by atoms with Gasteiger partial charge in [-0.3, -0.25) is 9.36 Å². The minimum absolute atomic E-state index is 0.125. The second kappa shape index (κ2) is 8.51. The first kappa shape index (κ1) is 20.3. The largest absolute Gasteiger partial charge is 0.467 e. The number of furan rings is 1. The summed E-state index contributed by atoms with van der Waals surface area (Å²) in [6.07, 6.45) is 2.44. The standard InChI is InChI=1S/C25H20N2O4S/c1-2-16-9-10-19-17(13-23(28)31-22(19)12-16)15-32-25-26-21-8-4-3-7-20(21)24(29)27(25)14-18-6-5-11-30-18/h3-13H,2,14-15H2,1H3. The van der Waals surface area contributed by atoms with Gasteiger partial charge in [0, 0.05) is 17.2 Å². The Bertz CT molecular complexity index is 1530. The molecule has 0 saturated heterocycles. The predicted molar refractivity (Wildman–Crippen MR) is 125 cm³/mol. The van der Waals surface area contributed by atoms with Crippen molar-refractivity contribution in [2.45, 2.75) is 30.8 Å². The van der Waals surface area contributed by atoms with E-state index in [0.717, 1.165) is 22.9 Å². The Morgan fingerprint density at radius 1 is 1.00 bits per heavy atom. The zero-order valence-electron chi connectivity index (χ0n) is 17.4. The van der Waals surface area contributed by atoms with Crippen LogP contribution in [0.4, 0.5) is 0 Å². The molecule has 0 fully saturated rings. The molecule has 0 N–H and O–H groups in total.